The molecule has 0 radical (unpaired) electrons. The number of rotatable bonds is 7. The molecule has 0 spiro atoms. The topological polar surface area (TPSA) is 67.4 Å². The van der Waals surface area contributed by atoms with Crippen LogP contribution in [0.4, 0.5) is 0 Å². The highest BCUT2D eigenvalue weighted by Gasteiger charge is 2.28. The van der Waals surface area contributed by atoms with Crippen LogP contribution < -0.4 is 20.1 Å². The molecule has 2 N–H and O–H groups in total. The van der Waals surface area contributed by atoms with Crippen LogP contribution >= 0.6 is 0 Å². The Labute approximate surface area is 174 Å². The molecule has 2 aliphatic heterocycles. The molecule has 1 unspecified atom stereocenters. The monoisotopic (exact) mass is 404 g/mol. The summed E-state index contributed by atoms with van der Waals surface area (Å²) in [6.45, 7) is 14.2. The first-order chi connectivity index (χ1) is 13.9. The molecule has 0 bridgehead atoms. The minimum Gasteiger partial charge on any atom is -0.494 e. The van der Waals surface area contributed by atoms with Crippen molar-refractivity contribution in [1.29, 1.82) is 0 Å². The largest absolute Gasteiger partial charge is 0.494 e. The second-order valence-electron chi connectivity index (χ2n) is 8.32. The van der Waals surface area contributed by atoms with Gasteiger partial charge in [0.15, 0.2) is 5.96 Å². The molecular weight excluding hydrogens is 368 g/mol. The molecule has 1 fully saturated rings. The molecule has 162 valence electrons. The van der Waals surface area contributed by atoms with Gasteiger partial charge < -0.3 is 24.8 Å². The second-order valence-corrected chi connectivity index (χ2v) is 8.32. The number of fused-ring (bicyclic) bond motifs is 1. The number of nitrogens with one attached hydrogen (secondary N) is 2. The highest BCUT2D eigenvalue weighted by molar-refractivity contribution is 5.79. The average molecular weight is 405 g/mol. The summed E-state index contributed by atoms with van der Waals surface area (Å²) >= 11 is 0. The molecule has 0 saturated carbocycles. The smallest absolute Gasteiger partial charge is 0.191 e. The summed E-state index contributed by atoms with van der Waals surface area (Å²) in [6.07, 6.45) is 1.16. The third-order valence-electron chi connectivity index (χ3n) is 5.60. The highest BCUT2D eigenvalue weighted by atomic mass is 16.5. The third-order valence-corrected chi connectivity index (χ3v) is 5.60. The predicted molar refractivity (Wildman–Crippen MR) is 116 cm³/mol. The molecule has 3 rings (SSSR count). The summed E-state index contributed by atoms with van der Waals surface area (Å²) in [5.41, 5.74) is 2.32. The first-order valence-electron chi connectivity index (χ1n) is 10.7. The van der Waals surface area contributed by atoms with E-state index in [9.17, 15) is 0 Å². The maximum absolute atomic E-state index is 5.93. The van der Waals surface area contributed by atoms with Crippen LogP contribution in [-0.2, 0) is 17.7 Å². The van der Waals surface area contributed by atoms with Gasteiger partial charge in [0.1, 0.15) is 17.6 Å². The minimum absolute atomic E-state index is 0.0232. The van der Waals surface area contributed by atoms with Gasteiger partial charge in [-0.1, -0.05) is 0 Å². The lowest BCUT2D eigenvalue weighted by molar-refractivity contribution is -0.00834. The summed E-state index contributed by atoms with van der Waals surface area (Å²) in [5, 5.41) is 6.89. The van der Waals surface area contributed by atoms with Crippen LogP contribution in [0.1, 0.15) is 38.8 Å². The second kappa shape index (κ2) is 9.67. The minimum atomic E-state index is 0.0232. The number of nitrogens with zero attached hydrogens (tertiary/aromatic N) is 2. The fourth-order valence-corrected chi connectivity index (χ4v) is 3.89. The molecule has 7 heteroatoms. The molecular formula is C22H36N4O3. The molecule has 7 nitrogen and oxygen atoms in total. The fraction of sp³-hybridized carbons (Fsp3) is 0.682. The van der Waals surface area contributed by atoms with Crippen molar-refractivity contribution in [2.45, 2.75) is 52.3 Å². The van der Waals surface area contributed by atoms with Crippen LogP contribution in [0.2, 0.25) is 0 Å². The number of guanidine groups is 1. The molecule has 1 aromatic rings. The lowest BCUT2D eigenvalue weighted by atomic mass is 10.0. The zero-order valence-electron chi connectivity index (χ0n) is 18.5. The van der Waals surface area contributed by atoms with E-state index < -0.39 is 0 Å². The van der Waals surface area contributed by atoms with E-state index in [2.05, 4.69) is 53.4 Å². The van der Waals surface area contributed by atoms with Crippen molar-refractivity contribution in [3.8, 4) is 11.5 Å². The van der Waals surface area contributed by atoms with Crippen molar-refractivity contribution < 1.29 is 14.2 Å². The van der Waals surface area contributed by atoms with E-state index in [-0.39, 0.29) is 11.6 Å². The highest BCUT2D eigenvalue weighted by Crippen LogP contribution is 2.35. The van der Waals surface area contributed by atoms with E-state index in [1.165, 1.54) is 5.56 Å². The lowest BCUT2D eigenvalue weighted by Crippen LogP contribution is -2.56. The van der Waals surface area contributed by atoms with E-state index in [1.54, 1.807) is 7.05 Å². The summed E-state index contributed by atoms with van der Waals surface area (Å²) in [6, 6.07) is 4.22. The quantitative estimate of drug-likeness (QED) is 0.536. The number of ether oxygens (including phenoxy) is 3. The van der Waals surface area contributed by atoms with E-state index in [4.69, 9.17) is 14.2 Å². The molecule has 2 heterocycles. The van der Waals surface area contributed by atoms with Gasteiger partial charge in [-0.25, -0.2) is 0 Å². The zero-order valence-corrected chi connectivity index (χ0v) is 18.5. The normalized spacial score (nSPS) is 20.2. The molecule has 2 aliphatic rings. The van der Waals surface area contributed by atoms with Gasteiger partial charge >= 0.3 is 0 Å². The molecule has 1 atom stereocenters. The van der Waals surface area contributed by atoms with Crippen LogP contribution in [0.25, 0.3) is 0 Å². The van der Waals surface area contributed by atoms with Gasteiger partial charge in [0.05, 0.1) is 19.8 Å². The van der Waals surface area contributed by atoms with E-state index in [1.807, 2.05) is 6.92 Å². The van der Waals surface area contributed by atoms with Crippen molar-refractivity contribution >= 4 is 5.96 Å². The molecule has 29 heavy (non-hydrogen) atoms. The van der Waals surface area contributed by atoms with Gasteiger partial charge in [-0.05, 0) is 39.8 Å². The lowest BCUT2D eigenvalue weighted by Gasteiger charge is -2.41. The number of morpholine rings is 1. The summed E-state index contributed by atoms with van der Waals surface area (Å²) in [7, 11) is 1.80. The predicted octanol–water partition coefficient (Wildman–Crippen LogP) is 2.18. The Morgan fingerprint density at radius 3 is 2.72 bits per heavy atom. The van der Waals surface area contributed by atoms with Crippen LogP contribution in [0.15, 0.2) is 17.1 Å². The Kier molecular flexibility index (Phi) is 7.24. The maximum Gasteiger partial charge on any atom is 0.191 e. The molecule has 0 aromatic heterocycles. The third kappa shape index (κ3) is 5.54. The Hall–Kier alpha value is -1.99. The Morgan fingerprint density at radius 2 is 2.03 bits per heavy atom. The van der Waals surface area contributed by atoms with Gasteiger partial charge in [-0.2, -0.15) is 0 Å². The van der Waals surface area contributed by atoms with Crippen LogP contribution in [0, 0.1) is 0 Å². The summed E-state index contributed by atoms with van der Waals surface area (Å²) in [5.74, 6) is 2.67. The van der Waals surface area contributed by atoms with E-state index >= 15 is 0 Å². The van der Waals surface area contributed by atoms with Crippen LogP contribution in [0.5, 0.6) is 11.5 Å². The molecule has 1 aromatic carbocycles. The average Bonchev–Trinajstić information content (AvgIpc) is 3.07. The standard InChI is InChI=1S/C22H36N4O3/c1-6-28-19-12-17-11-16(2)29-20(17)13-18(19)14-24-21(23-5)25-15-22(3,4)26-7-9-27-10-8-26/h12-13,16H,6-11,14-15H2,1-5H3,(H2,23,24,25). The first kappa shape index (κ1) is 21.7. The van der Waals surface area contributed by atoms with E-state index in [0.29, 0.717) is 13.2 Å². The van der Waals surface area contributed by atoms with Crippen molar-refractivity contribution in [2.75, 3.05) is 46.5 Å². The van der Waals surface area contributed by atoms with Crippen LogP contribution in [0.3, 0.4) is 0 Å². The van der Waals surface area contributed by atoms with Crippen molar-refractivity contribution in [3.63, 3.8) is 0 Å². The number of benzene rings is 1. The Bertz CT molecular complexity index is 714. The van der Waals surface area contributed by atoms with Gasteiger partial charge in [0, 0.05) is 56.3 Å². The SMILES string of the molecule is CCOc1cc2c(cc1CNC(=NC)NCC(C)(C)N1CCOCC1)OC(C)C2. The van der Waals surface area contributed by atoms with E-state index in [0.717, 1.165) is 62.3 Å². The number of aliphatic imine (C=N–C) groups is 1. The molecule has 0 aliphatic carbocycles. The molecule has 0 amide bonds. The van der Waals surface area contributed by atoms with Gasteiger partial charge in [-0.3, -0.25) is 9.89 Å². The van der Waals surface area contributed by atoms with Crippen molar-refractivity contribution in [3.05, 3.63) is 23.3 Å². The zero-order chi connectivity index (χ0) is 20.9. The van der Waals surface area contributed by atoms with Gasteiger partial charge in [-0.15, -0.1) is 0 Å². The summed E-state index contributed by atoms with van der Waals surface area (Å²) in [4.78, 5) is 6.85. The van der Waals surface area contributed by atoms with Crippen molar-refractivity contribution in [1.82, 2.24) is 15.5 Å². The Morgan fingerprint density at radius 1 is 1.28 bits per heavy atom. The summed E-state index contributed by atoms with van der Waals surface area (Å²) < 4.78 is 17.3. The maximum atomic E-state index is 5.93. The fourth-order valence-electron chi connectivity index (χ4n) is 3.89. The van der Waals surface area contributed by atoms with Gasteiger partial charge in [0.2, 0.25) is 0 Å². The molecule has 1 saturated heterocycles. The van der Waals surface area contributed by atoms with Crippen LogP contribution in [-0.4, -0.2) is 69.0 Å². The number of hydrogen-bond donors (Lipinski definition) is 2. The first-order valence-corrected chi connectivity index (χ1v) is 10.7. The van der Waals surface area contributed by atoms with Gasteiger partial charge in [0.25, 0.3) is 0 Å². The van der Waals surface area contributed by atoms with Crippen molar-refractivity contribution in [2.24, 2.45) is 4.99 Å². The Balaban J connectivity index is 1.60. The number of hydrogen-bond acceptors (Lipinski definition) is 5.